The molecule has 1 saturated heterocycles. The van der Waals surface area contributed by atoms with Crippen LogP contribution in [0.1, 0.15) is 42.5 Å². The van der Waals surface area contributed by atoms with Crippen molar-refractivity contribution in [1.82, 2.24) is 5.32 Å². The number of benzene rings is 2. The van der Waals surface area contributed by atoms with E-state index >= 15 is 0 Å². The van der Waals surface area contributed by atoms with Crippen LogP contribution in [0.2, 0.25) is 0 Å². The molecule has 0 aromatic heterocycles. The monoisotopic (exact) mass is 447 g/mol. The van der Waals surface area contributed by atoms with Crippen molar-refractivity contribution in [3.8, 4) is 17.2 Å². The summed E-state index contributed by atoms with van der Waals surface area (Å²) in [7, 11) is 0. The van der Waals surface area contributed by atoms with E-state index in [1.807, 2.05) is 74.6 Å². The van der Waals surface area contributed by atoms with Gasteiger partial charge >= 0.3 is 0 Å². The van der Waals surface area contributed by atoms with E-state index in [1.165, 1.54) is 17.1 Å². The quantitative estimate of drug-likeness (QED) is 0.539. The van der Waals surface area contributed by atoms with Crippen LogP contribution in [0.15, 0.2) is 42.5 Å². The van der Waals surface area contributed by atoms with Crippen LogP contribution in [0, 0.1) is 0 Å². The summed E-state index contributed by atoms with van der Waals surface area (Å²) in [4.78, 5) is 12.4. The Bertz CT molecular complexity index is 822. The van der Waals surface area contributed by atoms with Crippen molar-refractivity contribution >= 4 is 29.4 Å². The Morgan fingerprint density at radius 1 is 1.00 bits per heavy atom. The lowest BCUT2D eigenvalue weighted by Crippen LogP contribution is -2.31. The Morgan fingerprint density at radius 2 is 1.67 bits per heavy atom. The van der Waals surface area contributed by atoms with Gasteiger partial charge in [-0.2, -0.15) is 0 Å². The molecule has 0 radical (unpaired) electrons. The van der Waals surface area contributed by atoms with Crippen molar-refractivity contribution in [2.45, 2.75) is 31.4 Å². The summed E-state index contributed by atoms with van der Waals surface area (Å²) < 4.78 is 17.4. The second-order valence-corrected chi connectivity index (χ2v) is 9.52. The van der Waals surface area contributed by atoms with Crippen LogP contribution in [0.5, 0.6) is 17.2 Å². The molecular formula is C23H29NO4S2. The molecule has 1 heterocycles. The van der Waals surface area contributed by atoms with Gasteiger partial charge in [0.1, 0.15) is 5.75 Å². The first kappa shape index (κ1) is 22.7. The Labute approximate surface area is 187 Å². The summed E-state index contributed by atoms with van der Waals surface area (Å²) in [5.41, 5.74) is 2.25. The van der Waals surface area contributed by atoms with E-state index in [0.29, 0.717) is 35.0 Å². The van der Waals surface area contributed by atoms with E-state index in [2.05, 4.69) is 17.4 Å². The number of hydrogen-bond donors (Lipinski definition) is 1. The smallest absolute Gasteiger partial charge is 0.258 e. The minimum atomic E-state index is -0.172. The van der Waals surface area contributed by atoms with E-state index in [-0.39, 0.29) is 18.6 Å². The van der Waals surface area contributed by atoms with E-state index in [1.54, 1.807) is 0 Å². The largest absolute Gasteiger partial charge is 0.490 e. The van der Waals surface area contributed by atoms with Gasteiger partial charge in [-0.3, -0.25) is 4.79 Å². The third-order valence-corrected chi connectivity index (χ3v) is 7.69. The number of ether oxygens (including phenoxy) is 3. The molecule has 1 unspecified atom stereocenters. The van der Waals surface area contributed by atoms with Gasteiger partial charge < -0.3 is 19.5 Å². The number of rotatable bonds is 10. The molecule has 30 heavy (non-hydrogen) atoms. The Morgan fingerprint density at radius 3 is 2.33 bits per heavy atom. The van der Waals surface area contributed by atoms with Crippen LogP contribution in [0.3, 0.4) is 0 Å². The van der Waals surface area contributed by atoms with Gasteiger partial charge in [-0.05, 0) is 56.2 Å². The van der Waals surface area contributed by atoms with Crippen molar-refractivity contribution < 1.29 is 19.0 Å². The van der Waals surface area contributed by atoms with Crippen molar-refractivity contribution in [3.05, 3.63) is 53.6 Å². The fourth-order valence-corrected chi connectivity index (χ4v) is 5.98. The third kappa shape index (κ3) is 6.25. The first-order valence-corrected chi connectivity index (χ1v) is 12.3. The van der Waals surface area contributed by atoms with Gasteiger partial charge in [0.15, 0.2) is 18.1 Å². The molecule has 2 aromatic carbocycles. The summed E-state index contributed by atoms with van der Waals surface area (Å²) in [6, 6.07) is 13.6. The van der Waals surface area contributed by atoms with Gasteiger partial charge in [-0.25, -0.2) is 0 Å². The maximum absolute atomic E-state index is 12.4. The predicted molar refractivity (Wildman–Crippen MR) is 125 cm³/mol. The second-order valence-electron chi connectivity index (χ2n) is 6.79. The summed E-state index contributed by atoms with van der Waals surface area (Å²) in [5, 5.41) is 2.98. The zero-order chi connectivity index (χ0) is 21.3. The van der Waals surface area contributed by atoms with Crippen LogP contribution < -0.4 is 19.5 Å². The Hall–Kier alpha value is -1.99. The van der Waals surface area contributed by atoms with Crippen LogP contribution >= 0.6 is 23.5 Å². The van der Waals surface area contributed by atoms with Crippen molar-refractivity contribution in [1.29, 1.82) is 0 Å². The number of carbonyl (C=O) groups excluding carboxylic acids is 1. The molecule has 1 N–H and O–H groups in total. The minimum absolute atomic E-state index is 0.0219. The van der Waals surface area contributed by atoms with Crippen LogP contribution in [0.25, 0.3) is 0 Å². The normalized spacial score (nSPS) is 14.9. The van der Waals surface area contributed by atoms with E-state index in [9.17, 15) is 4.79 Å². The van der Waals surface area contributed by atoms with E-state index < -0.39 is 0 Å². The van der Waals surface area contributed by atoms with Crippen molar-refractivity contribution in [3.63, 3.8) is 0 Å². The lowest BCUT2D eigenvalue weighted by molar-refractivity contribution is -0.123. The van der Waals surface area contributed by atoms with Gasteiger partial charge in [-0.1, -0.05) is 18.2 Å². The molecular weight excluding hydrogens is 418 g/mol. The predicted octanol–water partition coefficient (Wildman–Crippen LogP) is 5.22. The van der Waals surface area contributed by atoms with E-state index in [0.717, 1.165) is 5.56 Å². The van der Waals surface area contributed by atoms with Gasteiger partial charge in [0, 0.05) is 11.5 Å². The minimum Gasteiger partial charge on any atom is -0.490 e. The van der Waals surface area contributed by atoms with Gasteiger partial charge in [0.05, 0.1) is 23.8 Å². The average Bonchev–Trinajstić information content (AvgIpc) is 3.29. The second kappa shape index (κ2) is 11.4. The van der Waals surface area contributed by atoms with Crippen LogP contribution in [-0.2, 0) is 4.79 Å². The molecule has 1 aliphatic heterocycles. The molecule has 0 aliphatic carbocycles. The lowest BCUT2D eigenvalue weighted by Gasteiger charge is -2.18. The highest BCUT2D eigenvalue weighted by atomic mass is 32.2. The summed E-state index contributed by atoms with van der Waals surface area (Å²) in [5.74, 6) is 4.34. The Kier molecular flexibility index (Phi) is 8.63. The molecule has 1 fully saturated rings. The van der Waals surface area contributed by atoms with Crippen molar-refractivity contribution in [2.75, 3.05) is 31.3 Å². The highest BCUT2D eigenvalue weighted by molar-refractivity contribution is 8.19. The summed E-state index contributed by atoms with van der Waals surface area (Å²) in [6.45, 7) is 6.91. The fraction of sp³-hybridized carbons (Fsp3) is 0.435. The molecule has 1 aliphatic rings. The van der Waals surface area contributed by atoms with Crippen molar-refractivity contribution in [2.24, 2.45) is 0 Å². The molecule has 5 nitrogen and oxygen atoms in total. The maximum Gasteiger partial charge on any atom is 0.258 e. The zero-order valence-corrected chi connectivity index (χ0v) is 19.3. The number of nitrogens with one attached hydrogen (secondary N) is 1. The average molecular weight is 448 g/mol. The molecule has 1 atom stereocenters. The number of carbonyl (C=O) groups is 1. The molecule has 0 saturated carbocycles. The fourth-order valence-electron chi connectivity index (χ4n) is 3.12. The molecule has 162 valence electrons. The summed E-state index contributed by atoms with van der Waals surface area (Å²) >= 11 is 3.95. The number of amides is 1. The van der Waals surface area contributed by atoms with Crippen LogP contribution in [-0.4, -0.2) is 37.2 Å². The molecule has 2 aromatic rings. The first-order valence-electron chi connectivity index (χ1n) is 10.3. The molecule has 1 amide bonds. The molecule has 7 heteroatoms. The van der Waals surface area contributed by atoms with Gasteiger partial charge in [0.2, 0.25) is 0 Å². The Balaban J connectivity index is 1.52. The molecule has 0 bridgehead atoms. The van der Waals surface area contributed by atoms with Gasteiger partial charge in [0.25, 0.3) is 5.91 Å². The van der Waals surface area contributed by atoms with Gasteiger partial charge in [-0.15, -0.1) is 23.5 Å². The SMILES string of the molecule is CCOc1ccc(C(C)NC(=O)COc2ccc(C3SCCS3)cc2)cc1OCC. The zero-order valence-electron chi connectivity index (χ0n) is 17.7. The van der Waals surface area contributed by atoms with E-state index in [4.69, 9.17) is 14.2 Å². The third-order valence-electron chi connectivity index (χ3n) is 4.59. The number of thioether (sulfide) groups is 2. The number of hydrogen-bond acceptors (Lipinski definition) is 6. The highest BCUT2D eigenvalue weighted by Gasteiger charge is 2.18. The molecule has 0 spiro atoms. The molecule has 3 rings (SSSR count). The highest BCUT2D eigenvalue weighted by Crippen LogP contribution is 2.45. The van der Waals surface area contributed by atoms with Crippen LogP contribution in [0.4, 0.5) is 0 Å². The maximum atomic E-state index is 12.4. The standard InChI is InChI=1S/C23H29NO4S2/c1-4-26-20-11-8-18(14-21(20)27-5-2)16(3)24-22(25)15-28-19-9-6-17(7-10-19)23-29-12-13-30-23/h6-11,14,16,23H,4-5,12-13,15H2,1-3H3,(H,24,25). The summed E-state index contributed by atoms with van der Waals surface area (Å²) in [6.07, 6.45) is 0. The lowest BCUT2D eigenvalue weighted by atomic mass is 10.1. The first-order chi connectivity index (χ1) is 14.6. The topological polar surface area (TPSA) is 56.8 Å².